The van der Waals surface area contributed by atoms with Gasteiger partial charge in [-0.2, -0.15) is 0 Å². The summed E-state index contributed by atoms with van der Waals surface area (Å²) in [5, 5.41) is 3.56. The second-order valence-electron chi connectivity index (χ2n) is 7.18. The topological polar surface area (TPSA) is 18.5 Å². The summed E-state index contributed by atoms with van der Waals surface area (Å²) in [6.07, 6.45) is 0. The molecule has 0 spiro atoms. The third kappa shape index (κ3) is 5.84. The molecule has 0 radical (unpaired) electrons. The van der Waals surface area contributed by atoms with E-state index in [2.05, 4.69) is 56.7 Å². The summed E-state index contributed by atoms with van der Waals surface area (Å²) >= 11 is 0. The van der Waals surface area contributed by atoms with Gasteiger partial charge in [-0.3, -0.25) is 9.80 Å². The quantitative estimate of drug-likeness (QED) is 0.813. The number of nitrogens with one attached hydrogen (secondary N) is 1. The van der Waals surface area contributed by atoms with E-state index in [1.54, 1.807) is 0 Å². The van der Waals surface area contributed by atoms with Gasteiger partial charge in [-0.25, -0.2) is 0 Å². The van der Waals surface area contributed by atoms with Crippen LogP contribution in [0.3, 0.4) is 0 Å². The van der Waals surface area contributed by atoms with Crippen LogP contribution in [0, 0.1) is 0 Å². The molecular weight excluding hydrogens is 210 g/mol. The second kappa shape index (κ2) is 5.68. The summed E-state index contributed by atoms with van der Waals surface area (Å²) in [5.74, 6) is 0. The van der Waals surface area contributed by atoms with Gasteiger partial charge in [0, 0.05) is 50.3 Å². The fraction of sp³-hybridized carbons (Fsp3) is 1.00. The number of piperazine rings is 1. The summed E-state index contributed by atoms with van der Waals surface area (Å²) in [7, 11) is 0. The van der Waals surface area contributed by atoms with Gasteiger partial charge in [0.1, 0.15) is 0 Å². The predicted octanol–water partition coefficient (Wildman–Crippen LogP) is 1.79. The molecule has 0 unspecified atom stereocenters. The zero-order chi connectivity index (χ0) is 13.1. The van der Waals surface area contributed by atoms with Gasteiger partial charge in [0.2, 0.25) is 0 Å². The van der Waals surface area contributed by atoms with Crippen molar-refractivity contribution in [2.75, 3.05) is 39.3 Å². The Labute approximate surface area is 108 Å². The van der Waals surface area contributed by atoms with E-state index < -0.39 is 0 Å². The monoisotopic (exact) mass is 241 g/mol. The van der Waals surface area contributed by atoms with Crippen LogP contribution in [-0.2, 0) is 0 Å². The van der Waals surface area contributed by atoms with Crippen molar-refractivity contribution in [3.63, 3.8) is 0 Å². The van der Waals surface area contributed by atoms with E-state index in [9.17, 15) is 0 Å². The van der Waals surface area contributed by atoms with Crippen molar-refractivity contribution >= 4 is 0 Å². The van der Waals surface area contributed by atoms with Crippen LogP contribution in [0.5, 0.6) is 0 Å². The standard InChI is InChI=1S/C14H31N3/c1-13(2,3)15-7-8-16-9-11-17(12-10-16)14(4,5)6/h15H,7-12H2,1-6H3. The summed E-state index contributed by atoms with van der Waals surface area (Å²) in [5.41, 5.74) is 0.572. The predicted molar refractivity (Wildman–Crippen MR) is 75.5 cm³/mol. The molecule has 1 rings (SSSR count). The van der Waals surface area contributed by atoms with Crippen molar-refractivity contribution in [2.24, 2.45) is 0 Å². The largest absolute Gasteiger partial charge is 0.311 e. The Bertz CT molecular complexity index is 214. The average molecular weight is 241 g/mol. The van der Waals surface area contributed by atoms with Gasteiger partial charge in [0.05, 0.1) is 0 Å². The Hall–Kier alpha value is -0.120. The summed E-state index contributed by atoms with van der Waals surface area (Å²) < 4.78 is 0. The fourth-order valence-corrected chi connectivity index (χ4v) is 2.23. The van der Waals surface area contributed by atoms with Crippen LogP contribution in [0.2, 0.25) is 0 Å². The van der Waals surface area contributed by atoms with E-state index in [0.717, 1.165) is 6.54 Å². The summed E-state index contributed by atoms with van der Waals surface area (Å²) in [6, 6.07) is 0. The van der Waals surface area contributed by atoms with Gasteiger partial charge in [-0.05, 0) is 41.5 Å². The highest BCUT2D eigenvalue weighted by atomic mass is 15.3. The number of nitrogens with zero attached hydrogens (tertiary/aromatic N) is 2. The average Bonchev–Trinajstić information content (AvgIpc) is 2.15. The zero-order valence-electron chi connectivity index (χ0n) is 12.6. The molecular formula is C14H31N3. The van der Waals surface area contributed by atoms with Gasteiger partial charge in [-0.15, -0.1) is 0 Å². The van der Waals surface area contributed by atoms with E-state index in [1.807, 2.05) is 0 Å². The fourth-order valence-electron chi connectivity index (χ4n) is 2.23. The zero-order valence-corrected chi connectivity index (χ0v) is 12.6. The Kier molecular flexibility index (Phi) is 4.99. The van der Waals surface area contributed by atoms with Gasteiger partial charge < -0.3 is 5.32 Å². The molecule has 0 aromatic rings. The highest BCUT2D eigenvalue weighted by Gasteiger charge is 2.25. The Morgan fingerprint density at radius 1 is 0.882 bits per heavy atom. The lowest BCUT2D eigenvalue weighted by Crippen LogP contribution is -2.54. The molecule has 0 aromatic heterocycles. The SMILES string of the molecule is CC(C)(C)NCCN1CCN(C(C)(C)C)CC1. The molecule has 0 atom stereocenters. The molecule has 3 heteroatoms. The van der Waals surface area contributed by atoms with Crippen LogP contribution < -0.4 is 5.32 Å². The van der Waals surface area contributed by atoms with Crippen molar-refractivity contribution in [1.82, 2.24) is 15.1 Å². The molecule has 3 nitrogen and oxygen atoms in total. The first-order chi connectivity index (χ1) is 7.68. The Balaban J connectivity index is 2.20. The summed E-state index contributed by atoms with van der Waals surface area (Å²) in [4.78, 5) is 5.15. The normalized spacial score (nSPS) is 20.8. The smallest absolute Gasteiger partial charge is 0.0126 e. The minimum atomic E-state index is 0.243. The molecule has 1 N–H and O–H groups in total. The van der Waals surface area contributed by atoms with Crippen LogP contribution >= 0.6 is 0 Å². The Morgan fingerprint density at radius 3 is 1.82 bits per heavy atom. The van der Waals surface area contributed by atoms with Gasteiger partial charge in [0.25, 0.3) is 0 Å². The highest BCUT2D eigenvalue weighted by molar-refractivity contribution is 4.82. The van der Waals surface area contributed by atoms with Crippen LogP contribution in [0.4, 0.5) is 0 Å². The third-order valence-corrected chi connectivity index (χ3v) is 3.40. The molecule has 1 heterocycles. The van der Waals surface area contributed by atoms with Crippen molar-refractivity contribution in [3.05, 3.63) is 0 Å². The van der Waals surface area contributed by atoms with E-state index >= 15 is 0 Å². The molecule has 0 amide bonds. The lowest BCUT2D eigenvalue weighted by atomic mass is 10.0. The number of hydrogen-bond acceptors (Lipinski definition) is 3. The van der Waals surface area contributed by atoms with Crippen LogP contribution in [0.25, 0.3) is 0 Å². The molecule has 0 bridgehead atoms. The van der Waals surface area contributed by atoms with E-state index in [1.165, 1.54) is 32.7 Å². The van der Waals surface area contributed by atoms with E-state index in [-0.39, 0.29) is 5.54 Å². The molecule has 1 fully saturated rings. The first kappa shape index (κ1) is 14.9. The van der Waals surface area contributed by atoms with Gasteiger partial charge >= 0.3 is 0 Å². The summed E-state index contributed by atoms with van der Waals surface area (Å²) in [6.45, 7) is 20.7. The molecule has 1 aliphatic rings. The first-order valence-corrected chi connectivity index (χ1v) is 6.91. The molecule has 1 aliphatic heterocycles. The molecule has 1 saturated heterocycles. The lowest BCUT2D eigenvalue weighted by molar-refractivity contribution is 0.0621. The Morgan fingerprint density at radius 2 is 1.41 bits per heavy atom. The van der Waals surface area contributed by atoms with Crippen molar-refractivity contribution in [2.45, 2.75) is 52.6 Å². The van der Waals surface area contributed by atoms with Gasteiger partial charge in [-0.1, -0.05) is 0 Å². The maximum atomic E-state index is 3.56. The van der Waals surface area contributed by atoms with Crippen LogP contribution in [0.1, 0.15) is 41.5 Å². The molecule has 17 heavy (non-hydrogen) atoms. The lowest BCUT2D eigenvalue weighted by Gasteiger charge is -2.42. The van der Waals surface area contributed by atoms with E-state index in [0.29, 0.717) is 5.54 Å². The molecule has 102 valence electrons. The first-order valence-electron chi connectivity index (χ1n) is 6.91. The van der Waals surface area contributed by atoms with Crippen LogP contribution in [-0.4, -0.2) is 60.1 Å². The van der Waals surface area contributed by atoms with E-state index in [4.69, 9.17) is 0 Å². The van der Waals surface area contributed by atoms with Crippen molar-refractivity contribution in [3.8, 4) is 0 Å². The van der Waals surface area contributed by atoms with Crippen molar-refractivity contribution in [1.29, 1.82) is 0 Å². The minimum Gasteiger partial charge on any atom is -0.311 e. The molecule has 0 saturated carbocycles. The number of rotatable bonds is 3. The minimum absolute atomic E-state index is 0.243. The van der Waals surface area contributed by atoms with Crippen molar-refractivity contribution < 1.29 is 0 Å². The molecule has 0 aliphatic carbocycles. The maximum absolute atomic E-state index is 3.56. The number of hydrogen-bond donors (Lipinski definition) is 1. The third-order valence-electron chi connectivity index (χ3n) is 3.40. The second-order valence-corrected chi connectivity index (χ2v) is 7.18. The molecule has 0 aromatic carbocycles. The maximum Gasteiger partial charge on any atom is 0.0126 e. The highest BCUT2D eigenvalue weighted by Crippen LogP contribution is 2.15. The van der Waals surface area contributed by atoms with Gasteiger partial charge in [0.15, 0.2) is 0 Å². The van der Waals surface area contributed by atoms with Crippen LogP contribution in [0.15, 0.2) is 0 Å².